The van der Waals surface area contributed by atoms with Gasteiger partial charge < -0.3 is 9.15 Å². The van der Waals surface area contributed by atoms with Crippen LogP contribution < -0.4 is 10.1 Å². The number of hydrogen-bond acceptors (Lipinski definition) is 6. The Kier molecular flexibility index (Phi) is 4.84. The zero-order valence-corrected chi connectivity index (χ0v) is 15.5. The maximum absolute atomic E-state index is 12.8. The molecule has 0 bridgehead atoms. The van der Waals surface area contributed by atoms with Crippen LogP contribution >= 0.6 is 11.3 Å². The van der Waals surface area contributed by atoms with E-state index in [1.807, 2.05) is 61.5 Å². The molecule has 27 heavy (non-hydrogen) atoms. The number of nitrogens with zero attached hydrogens (tertiary/aromatic N) is 2. The molecular weight excluding hydrogens is 362 g/mol. The predicted molar refractivity (Wildman–Crippen MR) is 104 cm³/mol. The Balaban J connectivity index is 1.63. The molecule has 0 saturated carbocycles. The van der Waals surface area contributed by atoms with Crippen molar-refractivity contribution >= 4 is 33.3 Å². The minimum absolute atomic E-state index is 0.222. The van der Waals surface area contributed by atoms with E-state index in [9.17, 15) is 4.79 Å². The average molecular weight is 379 g/mol. The van der Waals surface area contributed by atoms with Crippen molar-refractivity contribution < 1.29 is 13.9 Å². The van der Waals surface area contributed by atoms with Gasteiger partial charge in [0.05, 0.1) is 0 Å². The molecule has 0 aliphatic carbocycles. The summed E-state index contributed by atoms with van der Waals surface area (Å²) in [5, 5.41) is 13.0. The van der Waals surface area contributed by atoms with Crippen molar-refractivity contribution in [2.24, 2.45) is 0 Å². The van der Waals surface area contributed by atoms with Gasteiger partial charge in [0.1, 0.15) is 22.9 Å². The van der Waals surface area contributed by atoms with Gasteiger partial charge in [0, 0.05) is 10.9 Å². The number of aryl methyl sites for hydroxylation is 1. The Labute approximate surface area is 159 Å². The number of aromatic nitrogens is 2. The van der Waals surface area contributed by atoms with Gasteiger partial charge in [-0.1, -0.05) is 54.7 Å². The number of carbonyl (C=O) groups excluding carboxylic acids is 1. The van der Waals surface area contributed by atoms with Crippen LogP contribution in [0.1, 0.15) is 28.0 Å². The molecule has 0 radical (unpaired) electrons. The molecule has 1 N–H and O–H groups in total. The van der Waals surface area contributed by atoms with Gasteiger partial charge in [-0.05, 0) is 24.6 Å². The Morgan fingerprint density at radius 2 is 1.89 bits per heavy atom. The van der Waals surface area contributed by atoms with Crippen LogP contribution in [0.5, 0.6) is 5.75 Å². The van der Waals surface area contributed by atoms with Crippen LogP contribution in [0.3, 0.4) is 0 Å². The Hall–Kier alpha value is -3.19. The van der Waals surface area contributed by atoms with Gasteiger partial charge in [-0.25, -0.2) is 0 Å². The van der Waals surface area contributed by atoms with Crippen molar-refractivity contribution in [2.75, 3.05) is 5.32 Å². The first-order valence-electron chi connectivity index (χ1n) is 8.56. The van der Waals surface area contributed by atoms with Crippen LogP contribution in [0, 0.1) is 0 Å². The molecule has 2 heterocycles. The Morgan fingerprint density at radius 1 is 1.11 bits per heavy atom. The molecule has 0 spiro atoms. The summed E-state index contributed by atoms with van der Waals surface area (Å²) in [6.07, 6.45) is 0.772. The summed E-state index contributed by atoms with van der Waals surface area (Å²) in [6.45, 7) is 2.21. The first-order chi connectivity index (χ1) is 13.2. The molecule has 1 amide bonds. The van der Waals surface area contributed by atoms with Crippen molar-refractivity contribution in [3.8, 4) is 5.75 Å². The van der Waals surface area contributed by atoms with Gasteiger partial charge in [-0.3, -0.25) is 10.1 Å². The summed E-state index contributed by atoms with van der Waals surface area (Å²) >= 11 is 1.35. The lowest BCUT2D eigenvalue weighted by Crippen LogP contribution is -2.13. The normalized spacial score (nSPS) is 10.9. The standard InChI is InChI=1S/C20H17N3O3S/c1-2-17-22-23-20(27-17)21-19(24)18-15(12-25-13-8-4-3-5-9-13)14-10-6-7-11-16(14)26-18/h3-11H,2,12H2,1H3,(H,21,23,24). The zero-order valence-electron chi connectivity index (χ0n) is 14.6. The SMILES string of the molecule is CCc1nnc(NC(=O)c2oc3ccccc3c2COc2ccccc2)s1. The summed E-state index contributed by atoms with van der Waals surface area (Å²) < 4.78 is 11.7. The minimum atomic E-state index is -0.364. The Bertz CT molecular complexity index is 1070. The summed E-state index contributed by atoms with van der Waals surface area (Å²) in [4.78, 5) is 12.8. The number of amides is 1. The number of nitrogens with one attached hydrogen (secondary N) is 1. The second-order valence-corrected chi connectivity index (χ2v) is 6.88. The van der Waals surface area contributed by atoms with Gasteiger partial charge in [0.2, 0.25) is 5.13 Å². The summed E-state index contributed by atoms with van der Waals surface area (Å²) in [6, 6.07) is 17.0. The quantitative estimate of drug-likeness (QED) is 0.526. The number of furan rings is 1. The third kappa shape index (κ3) is 3.68. The topological polar surface area (TPSA) is 77.3 Å². The maximum Gasteiger partial charge on any atom is 0.293 e. The largest absolute Gasteiger partial charge is 0.489 e. The number of benzene rings is 2. The number of hydrogen-bond donors (Lipinski definition) is 1. The van der Waals surface area contributed by atoms with E-state index >= 15 is 0 Å². The van der Waals surface area contributed by atoms with Gasteiger partial charge in [-0.2, -0.15) is 0 Å². The summed E-state index contributed by atoms with van der Waals surface area (Å²) in [5.74, 6) is 0.586. The smallest absolute Gasteiger partial charge is 0.293 e. The first-order valence-corrected chi connectivity index (χ1v) is 9.38. The second kappa shape index (κ2) is 7.59. The molecule has 4 aromatic rings. The van der Waals surface area contributed by atoms with E-state index in [1.165, 1.54) is 11.3 Å². The van der Waals surface area contributed by atoms with E-state index in [-0.39, 0.29) is 18.3 Å². The van der Waals surface area contributed by atoms with Crippen molar-refractivity contribution in [2.45, 2.75) is 20.0 Å². The summed E-state index contributed by atoms with van der Waals surface area (Å²) in [7, 11) is 0. The third-order valence-electron chi connectivity index (χ3n) is 4.02. The third-order valence-corrected chi connectivity index (χ3v) is 5.00. The van der Waals surface area contributed by atoms with Gasteiger partial charge in [0.25, 0.3) is 5.91 Å². The highest BCUT2D eigenvalue weighted by molar-refractivity contribution is 7.15. The second-order valence-electron chi connectivity index (χ2n) is 5.82. The number of rotatable bonds is 6. The van der Waals surface area contributed by atoms with Crippen LogP contribution in [0.4, 0.5) is 5.13 Å². The number of para-hydroxylation sites is 2. The lowest BCUT2D eigenvalue weighted by atomic mass is 10.1. The van der Waals surface area contributed by atoms with E-state index in [0.29, 0.717) is 16.3 Å². The molecule has 0 aliphatic rings. The van der Waals surface area contributed by atoms with Crippen molar-refractivity contribution in [1.29, 1.82) is 0 Å². The van der Waals surface area contributed by atoms with Gasteiger partial charge in [-0.15, -0.1) is 10.2 Å². The molecule has 7 heteroatoms. The molecule has 0 fully saturated rings. The molecule has 136 valence electrons. The fourth-order valence-electron chi connectivity index (χ4n) is 2.70. The lowest BCUT2D eigenvalue weighted by Gasteiger charge is -2.06. The van der Waals surface area contributed by atoms with E-state index in [4.69, 9.17) is 9.15 Å². The fraction of sp³-hybridized carbons (Fsp3) is 0.150. The summed E-state index contributed by atoms with van der Waals surface area (Å²) in [5.41, 5.74) is 1.34. The van der Waals surface area contributed by atoms with Crippen LogP contribution in [0.15, 0.2) is 59.0 Å². The molecule has 0 unspecified atom stereocenters. The van der Waals surface area contributed by atoms with E-state index < -0.39 is 0 Å². The molecule has 2 aromatic carbocycles. The van der Waals surface area contributed by atoms with Gasteiger partial charge in [0.15, 0.2) is 5.76 Å². The molecule has 2 aromatic heterocycles. The fourth-order valence-corrected chi connectivity index (χ4v) is 3.37. The number of ether oxygens (including phenoxy) is 1. The van der Waals surface area contributed by atoms with Crippen LogP contribution in [0.25, 0.3) is 11.0 Å². The highest BCUT2D eigenvalue weighted by Gasteiger charge is 2.22. The van der Waals surface area contributed by atoms with Crippen molar-refractivity contribution in [3.05, 3.63) is 70.9 Å². The maximum atomic E-state index is 12.8. The molecule has 0 saturated heterocycles. The highest BCUT2D eigenvalue weighted by atomic mass is 32.1. The molecule has 6 nitrogen and oxygen atoms in total. The number of carbonyl (C=O) groups is 1. The highest BCUT2D eigenvalue weighted by Crippen LogP contribution is 2.28. The Morgan fingerprint density at radius 3 is 2.67 bits per heavy atom. The van der Waals surface area contributed by atoms with E-state index in [2.05, 4.69) is 15.5 Å². The predicted octanol–water partition coefficient (Wildman–Crippen LogP) is 4.68. The number of fused-ring (bicyclic) bond motifs is 1. The van der Waals surface area contributed by atoms with Crippen LogP contribution in [-0.2, 0) is 13.0 Å². The molecular formula is C20H17N3O3S. The van der Waals surface area contributed by atoms with Gasteiger partial charge >= 0.3 is 0 Å². The minimum Gasteiger partial charge on any atom is -0.489 e. The van der Waals surface area contributed by atoms with Crippen LogP contribution in [-0.4, -0.2) is 16.1 Å². The average Bonchev–Trinajstić information content (AvgIpc) is 3.31. The van der Waals surface area contributed by atoms with E-state index in [1.54, 1.807) is 0 Å². The lowest BCUT2D eigenvalue weighted by molar-refractivity contribution is 0.0995. The molecule has 4 rings (SSSR count). The first kappa shape index (κ1) is 17.2. The molecule has 0 atom stereocenters. The molecule has 0 aliphatic heterocycles. The van der Waals surface area contributed by atoms with Crippen molar-refractivity contribution in [3.63, 3.8) is 0 Å². The van der Waals surface area contributed by atoms with E-state index in [0.717, 1.165) is 22.6 Å². The van der Waals surface area contributed by atoms with Crippen LogP contribution in [0.2, 0.25) is 0 Å². The van der Waals surface area contributed by atoms with Crippen molar-refractivity contribution in [1.82, 2.24) is 10.2 Å². The number of anilines is 1. The monoisotopic (exact) mass is 379 g/mol. The zero-order chi connectivity index (χ0) is 18.6.